The summed E-state index contributed by atoms with van der Waals surface area (Å²) in [4.78, 5) is 37.7. The van der Waals surface area contributed by atoms with Crippen LogP contribution < -0.4 is 15.4 Å². The van der Waals surface area contributed by atoms with Gasteiger partial charge in [0.2, 0.25) is 5.91 Å². The minimum atomic E-state index is -1.61. The van der Waals surface area contributed by atoms with Gasteiger partial charge in [-0.2, -0.15) is 0 Å². The number of fused-ring (bicyclic) bond motifs is 1. The van der Waals surface area contributed by atoms with Gasteiger partial charge < -0.3 is 25.2 Å². The summed E-state index contributed by atoms with van der Waals surface area (Å²) >= 11 is 0. The number of hydrogen-bond donors (Lipinski definition) is 3. The van der Waals surface area contributed by atoms with E-state index in [4.69, 9.17) is 9.47 Å². The number of aliphatic hydroxyl groups excluding tert-OH is 1. The fourth-order valence-corrected chi connectivity index (χ4v) is 3.44. The lowest BCUT2D eigenvalue weighted by Gasteiger charge is -2.28. The van der Waals surface area contributed by atoms with Crippen molar-refractivity contribution in [3.05, 3.63) is 42.5 Å². The van der Waals surface area contributed by atoms with E-state index in [1.165, 1.54) is 0 Å². The van der Waals surface area contributed by atoms with Crippen molar-refractivity contribution in [3.63, 3.8) is 0 Å². The highest BCUT2D eigenvalue weighted by molar-refractivity contribution is 5.90. The van der Waals surface area contributed by atoms with Crippen molar-refractivity contribution in [1.29, 1.82) is 0 Å². The van der Waals surface area contributed by atoms with E-state index in [2.05, 4.69) is 10.6 Å². The maximum atomic E-state index is 13.2. The molecule has 0 saturated carbocycles. The average molecular weight is 491 g/mol. The van der Waals surface area contributed by atoms with Crippen molar-refractivity contribution < 1.29 is 33.4 Å². The molecule has 0 radical (unpaired) electrons. The summed E-state index contributed by atoms with van der Waals surface area (Å²) in [6.45, 7) is 7.00. The van der Waals surface area contributed by atoms with Crippen molar-refractivity contribution in [2.45, 2.75) is 64.8 Å². The van der Waals surface area contributed by atoms with Gasteiger partial charge in [-0.05, 0) is 38.1 Å². The van der Waals surface area contributed by atoms with Crippen LogP contribution >= 0.6 is 0 Å². The largest absolute Gasteiger partial charge is 0.483 e. The lowest BCUT2D eigenvalue weighted by atomic mass is 10.0. The normalized spacial score (nSPS) is 14.2. The van der Waals surface area contributed by atoms with E-state index in [0.29, 0.717) is 5.75 Å². The van der Waals surface area contributed by atoms with Crippen LogP contribution in [0.15, 0.2) is 42.5 Å². The van der Waals surface area contributed by atoms with Gasteiger partial charge in [0.25, 0.3) is 5.91 Å². The summed E-state index contributed by atoms with van der Waals surface area (Å²) in [6, 6.07) is 10.9. The second-order valence-corrected chi connectivity index (χ2v) is 9.68. The van der Waals surface area contributed by atoms with Crippen LogP contribution in [0.25, 0.3) is 10.8 Å². The minimum absolute atomic E-state index is 0.320. The van der Waals surface area contributed by atoms with Crippen molar-refractivity contribution in [1.82, 2.24) is 10.6 Å². The van der Waals surface area contributed by atoms with Crippen LogP contribution in [0.4, 0.5) is 4.39 Å². The first kappa shape index (κ1) is 28.0. The summed E-state index contributed by atoms with van der Waals surface area (Å²) < 4.78 is 24.1. The lowest BCUT2D eigenvalue weighted by Crippen LogP contribution is -2.56. The van der Waals surface area contributed by atoms with Gasteiger partial charge in [0.05, 0.1) is 12.5 Å². The van der Waals surface area contributed by atoms with Gasteiger partial charge in [-0.15, -0.1) is 0 Å². The molecule has 9 heteroatoms. The highest BCUT2D eigenvalue weighted by atomic mass is 19.1. The Balaban J connectivity index is 2.03. The highest BCUT2D eigenvalue weighted by Crippen LogP contribution is 2.25. The Kier molecular flexibility index (Phi) is 10.0. The quantitative estimate of drug-likeness (QED) is 0.418. The van der Waals surface area contributed by atoms with Crippen molar-refractivity contribution in [2.75, 3.05) is 13.3 Å². The Bertz CT molecular complexity index is 1020. The minimum Gasteiger partial charge on any atom is -0.483 e. The molecule has 35 heavy (non-hydrogen) atoms. The maximum absolute atomic E-state index is 13.2. The van der Waals surface area contributed by atoms with E-state index in [1.807, 2.05) is 36.4 Å². The van der Waals surface area contributed by atoms with Crippen LogP contribution in [-0.4, -0.2) is 60.0 Å². The zero-order chi connectivity index (χ0) is 26.2. The Morgan fingerprint density at radius 2 is 1.69 bits per heavy atom. The molecule has 2 amide bonds. The number of ether oxygens (including phenoxy) is 2. The lowest BCUT2D eigenvalue weighted by molar-refractivity contribution is -0.156. The number of carbonyl (C=O) groups is 3. The first-order valence-corrected chi connectivity index (χ1v) is 11.6. The van der Waals surface area contributed by atoms with Gasteiger partial charge in [0, 0.05) is 5.39 Å². The van der Waals surface area contributed by atoms with E-state index in [9.17, 15) is 23.9 Å². The Morgan fingerprint density at radius 3 is 2.31 bits per heavy atom. The number of hydrogen-bond acceptors (Lipinski definition) is 6. The van der Waals surface area contributed by atoms with Crippen LogP contribution in [0, 0.1) is 5.92 Å². The molecule has 0 spiro atoms. The van der Waals surface area contributed by atoms with Crippen molar-refractivity contribution in [3.8, 4) is 5.75 Å². The summed E-state index contributed by atoms with van der Waals surface area (Å²) in [5, 5.41) is 16.9. The second-order valence-electron chi connectivity index (χ2n) is 9.68. The highest BCUT2D eigenvalue weighted by Gasteiger charge is 2.31. The number of esters is 1. The van der Waals surface area contributed by atoms with Crippen LogP contribution in [0.1, 0.15) is 41.0 Å². The molecule has 0 bridgehead atoms. The van der Waals surface area contributed by atoms with E-state index in [0.717, 1.165) is 10.8 Å². The summed E-state index contributed by atoms with van der Waals surface area (Å²) in [5.41, 5.74) is -0.773. The van der Waals surface area contributed by atoms with Gasteiger partial charge >= 0.3 is 5.97 Å². The van der Waals surface area contributed by atoms with Crippen LogP contribution in [-0.2, 0) is 19.1 Å². The number of benzene rings is 2. The van der Waals surface area contributed by atoms with E-state index in [1.54, 1.807) is 40.7 Å². The molecule has 8 nitrogen and oxygen atoms in total. The molecule has 3 N–H and O–H groups in total. The molecule has 2 aromatic rings. The maximum Gasteiger partial charge on any atom is 0.308 e. The number of nitrogens with one attached hydrogen (secondary N) is 2. The first-order valence-electron chi connectivity index (χ1n) is 11.6. The Morgan fingerprint density at radius 1 is 1.03 bits per heavy atom. The molecule has 2 rings (SSSR count). The average Bonchev–Trinajstić information content (AvgIpc) is 2.78. The molecule has 192 valence electrons. The van der Waals surface area contributed by atoms with E-state index >= 15 is 0 Å². The van der Waals surface area contributed by atoms with Crippen molar-refractivity contribution >= 4 is 28.6 Å². The monoisotopic (exact) mass is 490 g/mol. The molecular weight excluding hydrogens is 455 g/mol. The van der Waals surface area contributed by atoms with Crippen LogP contribution in [0.3, 0.4) is 0 Å². The summed E-state index contributed by atoms with van der Waals surface area (Å²) in [6.07, 6.45) is -2.03. The zero-order valence-corrected chi connectivity index (χ0v) is 20.8. The molecule has 0 heterocycles. The number of alkyl halides is 1. The van der Waals surface area contributed by atoms with Gasteiger partial charge in [-0.3, -0.25) is 14.4 Å². The molecule has 2 unspecified atom stereocenters. The van der Waals surface area contributed by atoms with E-state index < -0.39 is 54.7 Å². The number of carbonyl (C=O) groups excluding carboxylic acids is 3. The molecule has 0 aliphatic rings. The summed E-state index contributed by atoms with van der Waals surface area (Å²) in [7, 11) is 0. The molecule has 0 aromatic heterocycles. The molecule has 0 aliphatic heterocycles. The fourth-order valence-electron chi connectivity index (χ4n) is 3.44. The molecule has 0 aliphatic carbocycles. The standard InChI is InChI=1S/C26H35FN2O6/c1-16(2)24(25(33)28-19(20(30)14-27)13-23(32)35-26(3,4)5)29-22(31)15-34-21-12-8-10-17-9-6-7-11-18(17)21/h6-12,16,19-20,24,30H,13-15H2,1-5H3,(H,28,33)(H,29,31)/t19?,20?,24-/m0/s1. The number of aliphatic hydroxyl groups is 1. The SMILES string of the molecule is CC(C)[C@H](NC(=O)COc1cccc2ccccc12)C(=O)NC(CC(=O)OC(C)(C)C)C(O)CF. The fraction of sp³-hybridized carbons (Fsp3) is 0.500. The first-order chi connectivity index (χ1) is 16.4. The molecule has 0 saturated heterocycles. The second kappa shape index (κ2) is 12.5. The summed E-state index contributed by atoms with van der Waals surface area (Å²) in [5.74, 6) is -1.67. The molecule has 2 aromatic carbocycles. The van der Waals surface area contributed by atoms with E-state index in [-0.39, 0.29) is 12.5 Å². The number of amides is 2. The van der Waals surface area contributed by atoms with Gasteiger partial charge in [-0.25, -0.2) is 4.39 Å². The van der Waals surface area contributed by atoms with Gasteiger partial charge in [0.1, 0.15) is 30.2 Å². The van der Waals surface area contributed by atoms with Gasteiger partial charge in [0.15, 0.2) is 6.61 Å². The Hall–Kier alpha value is -3.20. The predicted molar refractivity (Wildman–Crippen MR) is 131 cm³/mol. The zero-order valence-electron chi connectivity index (χ0n) is 20.8. The third-order valence-corrected chi connectivity index (χ3v) is 5.13. The topological polar surface area (TPSA) is 114 Å². The van der Waals surface area contributed by atoms with Crippen LogP contribution in [0.5, 0.6) is 5.75 Å². The molecular formula is C26H35FN2O6. The Labute approximate surface area is 205 Å². The van der Waals surface area contributed by atoms with Gasteiger partial charge in [-0.1, -0.05) is 50.2 Å². The van der Waals surface area contributed by atoms with Crippen molar-refractivity contribution in [2.24, 2.45) is 5.92 Å². The predicted octanol–water partition coefficient (Wildman–Crippen LogP) is 2.91. The number of rotatable bonds is 11. The molecule has 3 atom stereocenters. The number of halogens is 1. The third-order valence-electron chi connectivity index (χ3n) is 5.13. The van der Waals surface area contributed by atoms with Crippen LogP contribution in [0.2, 0.25) is 0 Å². The molecule has 0 fully saturated rings. The smallest absolute Gasteiger partial charge is 0.308 e. The third kappa shape index (κ3) is 8.83.